The molecule has 3 unspecified atom stereocenters. The maximum absolute atomic E-state index is 2.43. The largest absolute Gasteiger partial charge is 0.371 e. The normalized spacial score (nSPS) is 27.6. The van der Waals surface area contributed by atoms with Crippen LogP contribution >= 0.6 is 0 Å². The molecule has 1 aromatic rings. The van der Waals surface area contributed by atoms with Crippen molar-refractivity contribution in [3.63, 3.8) is 0 Å². The molecule has 0 amide bonds. The molecule has 2 rings (SSSR count). The molecule has 1 nitrogen and oxygen atoms in total. The maximum atomic E-state index is 2.43. The third-order valence-electron chi connectivity index (χ3n) is 4.18. The van der Waals surface area contributed by atoms with Crippen LogP contribution in [0, 0.1) is 11.8 Å². The smallest absolute Gasteiger partial charge is 0.0398 e. The van der Waals surface area contributed by atoms with Crippen molar-refractivity contribution in [3.8, 4) is 0 Å². The fourth-order valence-electron chi connectivity index (χ4n) is 2.61. The van der Waals surface area contributed by atoms with Gasteiger partial charge in [-0.05, 0) is 36.8 Å². The number of hydrogen-bond acceptors (Lipinski definition) is 1. The molecular formula is C16H27N. The first-order chi connectivity index (χ1) is 8.11. The minimum atomic E-state index is 0.628. The highest BCUT2D eigenvalue weighted by molar-refractivity contribution is 5.54. The molecule has 1 heteroatoms. The minimum absolute atomic E-state index is 0.628. The van der Waals surface area contributed by atoms with Gasteiger partial charge in [0.25, 0.3) is 0 Å². The van der Waals surface area contributed by atoms with Crippen LogP contribution in [0.3, 0.4) is 0 Å². The molecule has 0 spiro atoms. The molecule has 0 bridgehead atoms. The van der Waals surface area contributed by atoms with Crippen LogP contribution in [0.4, 0.5) is 5.69 Å². The Morgan fingerprint density at radius 1 is 1.06 bits per heavy atom. The maximum Gasteiger partial charge on any atom is 0.0398 e. The predicted octanol–water partition coefficient (Wildman–Crippen LogP) is 4.37. The highest BCUT2D eigenvalue weighted by Gasteiger charge is 2.27. The summed E-state index contributed by atoms with van der Waals surface area (Å²) in [6.07, 6.45) is 1.21. The second kappa shape index (κ2) is 6.09. The number of para-hydroxylation sites is 1. The monoisotopic (exact) mass is 233 g/mol. The first-order valence-electron chi connectivity index (χ1n) is 6.92. The molecule has 1 aliphatic heterocycles. The van der Waals surface area contributed by atoms with Gasteiger partial charge in [-0.25, -0.2) is 0 Å². The Bertz CT molecular complexity index is 345. The van der Waals surface area contributed by atoms with E-state index in [1.165, 1.54) is 17.7 Å². The van der Waals surface area contributed by atoms with Crippen molar-refractivity contribution < 1.29 is 0 Å². The Kier molecular flexibility index (Phi) is 5.04. The van der Waals surface area contributed by atoms with Crippen LogP contribution in [0.2, 0.25) is 0 Å². The van der Waals surface area contributed by atoms with Crippen LogP contribution in [0.25, 0.3) is 0 Å². The molecule has 96 valence electrons. The number of fused-ring (bicyclic) bond motifs is 1. The summed E-state index contributed by atoms with van der Waals surface area (Å²) in [6, 6.07) is 9.44. The average Bonchev–Trinajstić information content (AvgIpc) is 2.45. The van der Waals surface area contributed by atoms with E-state index < -0.39 is 0 Å². The lowest BCUT2D eigenvalue weighted by molar-refractivity contribution is 0.340. The molecule has 0 saturated carbocycles. The molecule has 0 aliphatic carbocycles. The van der Waals surface area contributed by atoms with Crippen LogP contribution in [-0.2, 0) is 6.42 Å². The summed E-state index contributed by atoms with van der Waals surface area (Å²) in [4.78, 5) is 2.43. The topological polar surface area (TPSA) is 3.24 Å². The first kappa shape index (κ1) is 14.1. The lowest BCUT2D eigenvalue weighted by atomic mass is 9.87. The SMILES string of the molecule is CC.CC1Cc2ccccc2N(C)C(C)C1C. The Hall–Kier alpha value is -0.980. The number of benzene rings is 1. The van der Waals surface area contributed by atoms with Gasteiger partial charge < -0.3 is 4.90 Å². The van der Waals surface area contributed by atoms with Crippen molar-refractivity contribution in [1.82, 2.24) is 0 Å². The van der Waals surface area contributed by atoms with E-state index in [0.29, 0.717) is 6.04 Å². The number of nitrogens with zero attached hydrogens (tertiary/aromatic N) is 1. The van der Waals surface area contributed by atoms with E-state index in [2.05, 4.69) is 57.0 Å². The summed E-state index contributed by atoms with van der Waals surface area (Å²) in [6.45, 7) is 11.1. The number of hydrogen-bond donors (Lipinski definition) is 0. The van der Waals surface area contributed by atoms with Crippen molar-refractivity contribution in [3.05, 3.63) is 29.8 Å². The van der Waals surface area contributed by atoms with Crippen LogP contribution in [0.15, 0.2) is 24.3 Å². The summed E-state index contributed by atoms with van der Waals surface area (Å²) in [5, 5.41) is 0. The molecule has 3 atom stereocenters. The third kappa shape index (κ3) is 2.83. The van der Waals surface area contributed by atoms with Gasteiger partial charge in [0.05, 0.1) is 0 Å². The molecule has 17 heavy (non-hydrogen) atoms. The van der Waals surface area contributed by atoms with Crippen LogP contribution in [0.1, 0.15) is 40.2 Å². The second-order valence-electron chi connectivity index (χ2n) is 5.02. The van der Waals surface area contributed by atoms with Gasteiger partial charge in [0.1, 0.15) is 0 Å². The van der Waals surface area contributed by atoms with E-state index in [1.807, 2.05) is 13.8 Å². The zero-order chi connectivity index (χ0) is 13.0. The standard InChI is InChI=1S/C14H21N.C2H6/c1-10-9-13-7-5-6-8-14(13)15(4)12(3)11(10)2;1-2/h5-8,10-12H,9H2,1-4H3;1-2H3. The van der Waals surface area contributed by atoms with E-state index in [4.69, 9.17) is 0 Å². The van der Waals surface area contributed by atoms with Crippen molar-refractivity contribution in [2.75, 3.05) is 11.9 Å². The average molecular weight is 233 g/mol. The van der Waals surface area contributed by atoms with Gasteiger partial charge in [0, 0.05) is 18.8 Å². The summed E-state index contributed by atoms with van der Waals surface area (Å²) in [5.41, 5.74) is 2.92. The molecule has 1 heterocycles. The summed E-state index contributed by atoms with van der Waals surface area (Å²) in [7, 11) is 2.22. The number of rotatable bonds is 0. The first-order valence-corrected chi connectivity index (χ1v) is 6.92. The van der Waals surface area contributed by atoms with Gasteiger partial charge in [-0.15, -0.1) is 0 Å². The second-order valence-corrected chi connectivity index (χ2v) is 5.02. The van der Waals surface area contributed by atoms with Gasteiger partial charge in [-0.3, -0.25) is 0 Å². The van der Waals surface area contributed by atoms with Crippen molar-refractivity contribution in [2.24, 2.45) is 11.8 Å². The Balaban J connectivity index is 0.000000686. The predicted molar refractivity (Wildman–Crippen MR) is 77.7 cm³/mol. The zero-order valence-electron chi connectivity index (χ0n) is 12.2. The van der Waals surface area contributed by atoms with E-state index in [9.17, 15) is 0 Å². The van der Waals surface area contributed by atoms with Gasteiger partial charge in [0.15, 0.2) is 0 Å². The summed E-state index contributed by atoms with van der Waals surface area (Å²) < 4.78 is 0. The van der Waals surface area contributed by atoms with Gasteiger partial charge in [-0.2, -0.15) is 0 Å². The van der Waals surface area contributed by atoms with E-state index >= 15 is 0 Å². The minimum Gasteiger partial charge on any atom is -0.371 e. The van der Waals surface area contributed by atoms with Crippen molar-refractivity contribution in [1.29, 1.82) is 0 Å². The molecule has 0 fully saturated rings. The summed E-state index contributed by atoms with van der Waals surface area (Å²) >= 11 is 0. The van der Waals surface area contributed by atoms with E-state index in [-0.39, 0.29) is 0 Å². The van der Waals surface area contributed by atoms with Gasteiger partial charge >= 0.3 is 0 Å². The Morgan fingerprint density at radius 2 is 1.65 bits per heavy atom. The van der Waals surface area contributed by atoms with E-state index in [1.54, 1.807) is 0 Å². The van der Waals surface area contributed by atoms with E-state index in [0.717, 1.165) is 11.8 Å². The molecule has 0 N–H and O–H groups in total. The lowest BCUT2D eigenvalue weighted by Crippen LogP contribution is -2.35. The lowest BCUT2D eigenvalue weighted by Gasteiger charge is -2.31. The van der Waals surface area contributed by atoms with Crippen molar-refractivity contribution >= 4 is 5.69 Å². The molecule has 0 radical (unpaired) electrons. The quantitative estimate of drug-likeness (QED) is 0.643. The summed E-state index contributed by atoms with van der Waals surface area (Å²) in [5.74, 6) is 1.52. The van der Waals surface area contributed by atoms with Crippen LogP contribution < -0.4 is 4.90 Å². The highest BCUT2D eigenvalue weighted by Crippen LogP contribution is 2.33. The fraction of sp³-hybridized carbons (Fsp3) is 0.625. The zero-order valence-corrected chi connectivity index (χ0v) is 12.2. The van der Waals surface area contributed by atoms with Crippen molar-refractivity contribution in [2.45, 2.75) is 47.1 Å². The van der Waals surface area contributed by atoms with Gasteiger partial charge in [0.2, 0.25) is 0 Å². The van der Waals surface area contributed by atoms with Crippen LogP contribution in [-0.4, -0.2) is 13.1 Å². The fourth-order valence-corrected chi connectivity index (χ4v) is 2.61. The highest BCUT2D eigenvalue weighted by atomic mass is 15.1. The Morgan fingerprint density at radius 3 is 2.29 bits per heavy atom. The third-order valence-corrected chi connectivity index (χ3v) is 4.18. The Labute approximate surface area is 107 Å². The van der Waals surface area contributed by atoms with Gasteiger partial charge in [-0.1, -0.05) is 45.9 Å². The molecule has 1 aliphatic rings. The molecule has 0 aromatic heterocycles. The number of anilines is 1. The molecule has 0 saturated heterocycles. The molecule has 1 aromatic carbocycles. The van der Waals surface area contributed by atoms with Crippen LogP contribution in [0.5, 0.6) is 0 Å². The molecular weight excluding hydrogens is 206 g/mol.